The fourth-order valence-electron chi connectivity index (χ4n) is 4.10. The number of methoxy groups -OCH3 is 1. The van der Waals surface area contributed by atoms with Crippen LogP contribution in [0.25, 0.3) is 5.57 Å². The molecule has 2 aliphatic rings. The van der Waals surface area contributed by atoms with Gasteiger partial charge in [0, 0.05) is 23.9 Å². The molecule has 1 aromatic heterocycles. The number of rotatable bonds is 4. The van der Waals surface area contributed by atoms with Gasteiger partial charge in [-0.3, -0.25) is 0 Å². The zero-order valence-electron chi connectivity index (χ0n) is 15.3. The molecule has 136 valence electrons. The standard InChI is InChI=1S/C21H24FN3O/c1-13-11-16(8-9-17(13)22)24-21-23-12-15-7-10-18(26-2)19(20(15)25-21)14-5-3-4-6-14/h8-9,11-12,14H,3-7,10H2,1-2H3,(H,23,24,25). The largest absolute Gasteiger partial charge is 0.501 e. The van der Waals surface area contributed by atoms with E-state index in [2.05, 4.69) is 10.3 Å². The molecule has 0 unspecified atom stereocenters. The number of nitrogens with zero attached hydrogens (tertiary/aromatic N) is 2. The van der Waals surface area contributed by atoms with Crippen molar-refractivity contribution in [3.8, 4) is 0 Å². The van der Waals surface area contributed by atoms with Gasteiger partial charge in [0.1, 0.15) is 11.6 Å². The smallest absolute Gasteiger partial charge is 0.227 e. The highest BCUT2D eigenvalue weighted by Crippen LogP contribution is 2.42. The number of hydrogen-bond donors (Lipinski definition) is 1. The second-order valence-corrected chi connectivity index (χ2v) is 7.18. The molecule has 0 aliphatic heterocycles. The average Bonchev–Trinajstić information content (AvgIpc) is 3.18. The first-order valence-corrected chi connectivity index (χ1v) is 9.32. The topological polar surface area (TPSA) is 47.0 Å². The Labute approximate surface area is 153 Å². The SMILES string of the molecule is COC1=C(C2CCCC2)c2nc(Nc3ccc(F)c(C)c3)ncc2CC1. The minimum absolute atomic E-state index is 0.210. The lowest BCUT2D eigenvalue weighted by Crippen LogP contribution is -2.15. The summed E-state index contributed by atoms with van der Waals surface area (Å²) >= 11 is 0. The molecule has 0 radical (unpaired) electrons. The molecule has 4 rings (SSSR count). The van der Waals surface area contributed by atoms with Crippen LogP contribution < -0.4 is 5.32 Å². The summed E-state index contributed by atoms with van der Waals surface area (Å²) in [6.45, 7) is 1.75. The normalized spacial score (nSPS) is 17.3. The van der Waals surface area contributed by atoms with Gasteiger partial charge in [0.25, 0.3) is 0 Å². The number of aryl methyl sites for hydroxylation is 2. The summed E-state index contributed by atoms with van der Waals surface area (Å²) in [5.41, 5.74) is 4.87. The van der Waals surface area contributed by atoms with Crippen LogP contribution in [-0.2, 0) is 11.2 Å². The molecule has 0 atom stereocenters. The third kappa shape index (κ3) is 3.18. The summed E-state index contributed by atoms with van der Waals surface area (Å²) < 4.78 is 19.2. The van der Waals surface area contributed by atoms with Crippen molar-refractivity contribution in [3.05, 3.63) is 52.8 Å². The van der Waals surface area contributed by atoms with Gasteiger partial charge in [-0.1, -0.05) is 12.8 Å². The van der Waals surface area contributed by atoms with Crippen LogP contribution in [0.2, 0.25) is 0 Å². The Balaban J connectivity index is 1.69. The number of nitrogens with one attached hydrogen (secondary N) is 1. The molecule has 1 N–H and O–H groups in total. The third-order valence-corrected chi connectivity index (χ3v) is 5.47. The number of anilines is 2. The molecule has 2 aliphatic carbocycles. The molecule has 0 amide bonds. The van der Waals surface area contributed by atoms with E-state index in [-0.39, 0.29) is 5.82 Å². The highest BCUT2D eigenvalue weighted by atomic mass is 19.1. The first-order valence-electron chi connectivity index (χ1n) is 9.32. The van der Waals surface area contributed by atoms with E-state index >= 15 is 0 Å². The van der Waals surface area contributed by atoms with Crippen LogP contribution in [0.3, 0.4) is 0 Å². The van der Waals surface area contributed by atoms with Crippen LogP contribution in [0.5, 0.6) is 0 Å². The van der Waals surface area contributed by atoms with E-state index < -0.39 is 0 Å². The lowest BCUT2D eigenvalue weighted by Gasteiger charge is -2.25. The number of ether oxygens (including phenoxy) is 1. The van der Waals surface area contributed by atoms with E-state index in [1.54, 1.807) is 26.2 Å². The Bertz CT molecular complexity index is 856. The summed E-state index contributed by atoms with van der Waals surface area (Å²) in [5, 5.41) is 3.21. The number of hydrogen-bond acceptors (Lipinski definition) is 4. The minimum Gasteiger partial charge on any atom is -0.501 e. The Hall–Kier alpha value is -2.43. The highest BCUT2D eigenvalue weighted by Gasteiger charge is 2.30. The average molecular weight is 353 g/mol. The van der Waals surface area contributed by atoms with Crippen molar-refractivity contribution in [1.29, 1.82) is 0 Å². The maximum Gasteiger partial charge on any atom is 0.227 e. The van der Waals surface area contributed by atoms with E-state index in [1.165, 1.54) is 42.9 Å². The van der Waals surface area contributed by atoms with Crippen LogP contribution in [0, 0.1) is 18.7 Å². The van der Waals surface area contributed by atoms with Crippen molar-refractivity contribution < 1.29 is 9.13 Å². The van der Waals surface area contributed by atoms with Gasteiger partial charge in [0.2, 0.25) is 5.95 Å². The molecule has 1 fully saturated rings. The van der Waals surface area contributed by atoms with Gasteiger partial charge in [-0.15, -0.1) is 0 Å². The van der Waals surface area contributed by atoms with Gasteiger partial charge in [0.15, 0.2) is 0 Å². The zero-order chi connectivity index (χ0) is 18.1. The van der Waals surface area contributed by atoms with Crippen molar-refractivity contribution in [2.45, 2.75) is 45.4 Å². The molecular formula is C21H24FN3O. The first kappa shape index (κ1) is 17.0. The van der Waals surface area contributed by atoms with Crippen LogP contribution in [0.4, 0.5) is 16.0 Å². The highest BCUT2D eigenvalue weighted by molar-refractivity contribution is 5.72. The number of benzene rings is 1. The van der Waals surface area contributed by atoms with E-state index in [0.717, 1.165) is 30.0 Å². The Kier molecular flexibility index (Phi) is 4.62. The van der Waals surface area contributed by atoms with E-state index in [9.17, 15) is 4.39 Å². The lowest BCUT2D eigenvalue weighted by atomic mass is 9.85. The predicted octanol–water partition coefficient (Wildman–Crippen LogP) is 5.16. The van der Waals surface area contributed by atoms with Crippen LogP contribution in [0.15, 0.2) is 30.2 Å². The predicted molar refractivity (Wildman–Crippen MR) is 101 cm³/mol. The number of allylic oxidation sites excluding steroid dienone is 2. The summed E-state index contributed by atoms with van der Waals surface area (Å²) in [5.74, 6) is 1.94. The van der Waals surface area contributed by atoms with Gasteiger partial charge in [0.05, 0.1) is 12.8 Å². The molecule has 1 saturated carbocycles. The fraction of sp³-hybridized carbons (Fsp3) is 0.429. The second kappa shape index (κ2) is 7.06. The fourth-order valence-corrected chi connectivity index (χ4v) is 4.10. The van der Waals surface area contributed by atoms with Gasteiger partial charge >= 0.3 is 0 Å². The zero-order valence-corrected chi connectivity index (χ0v) is 15.3. The Morgan fingerprint density at radius 2 is 2.00 bits per heavy atom. The maximum atomic E-state index is 13.5. The van der Waals surface area contributed by atoms with Crippen molar-refractivity contribution in [2.24, 2.45) is 5.92 Å². The molecule has 0 bridgehead atoms. The number of halogens is 1. The third-order valence-electron chi connectivity index (χ3n) is 5.47. The van der Waals surface area contributed by atoms with Gasteiger partial charge < -0.3 is 10.1 Å². The molecule has 1 heterocycles. The van der Waals surface area contributed by atoms with Gasteiger partial charge in [-0.25, -0.2) is 14.4 Å². The molecule has 0 saturated heterocycles. The van der Waals surface area contributed by atoms with E-state index in [1.807, 2.05) is 6.20 Å². The van der Waals surface area contributed by atoms with Gasteiger partial charge in [-0.05, 0) is 61.4 Å². The molecule has 5 heteroatoms. The molecule has 4 nitrogen and oxygen atoms in total. The first-order chi connectivity index (χ1) is 12.7. The Morgan fingerprint density at radius 3 is 2.73 bits per heavy atom. The Morgan fingerprint density at radius 1 is 1.19 bits per heavy atom. The van der Waals surface area contributed by atoms with Crippen molar-refractivity contribution in [2.75, 3.05) is 12.4 Å². The number of fused-ring (bicyclic) bond motifs is 1. The molecule has 1 aromatic carbocycles. The van der Waals surface area contributed by atoms with Crippen LogP contribution >= 0.6 is 0 Å². The number of aromatic nitrogens is 2. The van der Waals surface area contributed by atoms with E-state index in [4.69, 9.17) is 9.72 Å². The molecule has 26 heavy (non-hydrogen) atoms. The summed E-state index contributed by atoms with van der Waals surface area (Å²) in [6.07, 6.45) is 8.68. The summed E-state index contributed by atoms with van der Waals surface area (Å²) in [4.78, 5) is 9.30. The molecular weight excluding hydrogens is 329 g/mol. The van der Waals surface area contributed by atoms with Crippen LogP contribution in [0.1, 0.15) is 48.9 Å². The summed E-state index contributed by atoms with van der Waals surface area (Å²) in [6, 6.07) is 4.94. The quantitative estimate of drug-likeness (QED) is 0.824. The van der Waals surface area contributed by atoms with Crippen molar-refractivity contribution in [1.82, 2.24) is 9.97 Å². The van der Waals surface area contributed by atoms with Crippen molar-refractivity contribution in [3.63, 3.8) is 0 Å². The van der Waals surface area contributed by atoms with E-state index in [0.29, 0.717) is 17.4 Å². The molecule has 2 aromatic rings. The minimum atomic E-state index is -0.210. The van der Waals surface area contributed by atoms with Gasteiger partial charge in [-0.2, -0.15) is 0 Å². The van der Waals surface area contributed by atoms with Crippen molar-refractivity contribution >= 4 is 17.2 Å². The summed E-state index contributed by atoms with van der Waals surface area (Å²) in [7, 11) is 1.76. The van der Waals surface area contributed by atoms with Crippen LogP contribution in [-0.4, -0.2) is 17.1 Å². The lowest BCUT2D eigenvalue weighted by molar-refractivity contribution is 0.274. The molecule has 0 spiro atoms. The maximum absolute atomic E-state index is 13.5. The monoisotopic (exact) mass is 353 g/mol. The second-order valence-electron chi connectivity index (χ2n) is 7.18.